The molecular formula is C14H21NO4S. The number of ether oxygens (including phenoxy) is 1. The summed E-state index contributed by atoms with van der Waals surface area (Å²) in [7, 11) is -3.60. The fourth-order valence-electron chi connectivity index (χ4n) is 2.34. The second-order valence-electron chi connectivity index (χ2n) is 5.54. The highest BCUT2D eigenvalue weighted by atomic mass is 32.2. The Kier molecular flexibility index (Phi) is 4.49. The molecule has 2 N–H and O–H groups in total. The van der Waals surface area contributed by atoms with Crippen LogP contribution in [0.5, 0.6) is 0 Å². The summed E-state index contributed by atoms with van der Waals surface area (Å²) in [5.74, 6) is 0. The zero-order valence-corrected chi connectivity index (χ0v) is 12.7. The molecule has 2 rings (SSSR count). The number of nitrogens with one attached hydrogen (secondary N) is 1. The van der Waals surface area contributed by atoms with Gasteiger partial charge in [-0.1, -0.05) is 12.1 Å². The average molecular weight is 299 g/mol. The summed E-state index contributed by atoms with van der Waals surface area (Å²) in [6, 6.07) is 4.97. The predicted octanol–water partition coefficient (Wildman–Crippen LogP) is 1.33. The van der Waals surface area contributed by atoms with Gasteiger partial charge in [0.15, 0.2) is 0 Å². The molecule has 1 aromatic carbocycles. The van der Waals surface area contributed by atoms with Gasteiger partial charge >= 0.3 is 0 Å². The van der Waals surface area contributed by atoms with Gasteiger partial charge in [-0.15, -0.1) is 0 Å². The van der Waals surface area contributed by atoms with Crippen LogP contribution in [0.15, 0.2) is 23.1 Å². The molecule has 0 radical (unpaired) electrons. The summed E-state index contributed by atoms with van der Waals surface area (Å²) < 4.78 is 33.2. The number of aryl methyl sites for hydroxylation is 1. The first kappa shape index (κ1) is 15.4. The van der Waals surface area contributed by atoms with E-state index in [0.717, 1.165) is 0 Å². The van der Waals surface area contributed by atoms with E-state index in [4.69, 9.17) is 9.84 Å². The molecule has 1 saturated heterocycles. The maximum Gasteiger partial charge on any atom is 0.241 e. The molecule has 112 valence electrons. The average Bonchev–Trinajstić information content (AvgIpc) is 2.38. The Morgan fingerprint density at radius 1 is 1.35 bits per heavy atom. The SMILES string of the molecule is Cc1ccc(CO)cc1S(=O)(=O)NC1(C)CCOCC1. The minimum absolute atomic E-state index is 0.173. The Labute approximate surface area is 120 Å². The normalized spacial score (nSPS) is 18.9. The van der Waals surface area contributed by atoms with Crippen LogP contribution in [0.3, 0.4) is 0 Å². The van der Waals surface area contributed by atoms with E-state index >= 15 is 0 Å². The van der Waals surface area contributed by atoms with E-state index in [2.05, 4.69) is 4.72 Å². The molecule has 0 spiro atoms. The zero-order chi connectivity index (χ0) is 14.8. The van der Waals surface area contributed by atoms with Gasteiger partial charge < -0.3 is 9.84 Å². The lowest BCUT2D eigenvalue weighted by Gasteiger charge is -2.34. The molecule has 1 heterocycles. The number of rotatable bonds is 4. The summed E-state index contributed by atoms with van der Waals surface area (Å²) in [6.07, 6.45) is 1.32. The van der Waals surface area contributed by atoms with Crippen LogP contribution in [0.1, 0.15) is 30.9 Å². The second kappa shape index (κ2) is 5.81. The predicted molar refractivity (Wildman–Crippen MR) is 75.9 cm³/mol. The Balaban J connectivity index is 2.30. The van der Waals surface area contributed by atoms with Gasteiger partial charge in [0.25, 0.3) is 0 Å². The van der Waals surface area contributed by atoms with Crippen molar-refractivity contribution in [2.75, 3.05) is 13.2 Å². The molecule has 0 bridgehead atoms. The smallest absolute Gasteiger partial charge is 0.241 e. The fourth-order valence-corrected chi connectivity index (χ4v) is 4.10. The quantitative estimate of drug-likeness (QED) is 0.879. The molecule has 0 unspecified atom stereocenters. The molecule has 20 heavy (non-hydrogen) atoms. The van der Waals surface area contributed by atoms with Crippen molar-refractivity contribution in [2.24, 2.45) is 0 Å². The number of hydrogen-bond donors (Lipinski definition) is 2. The van der Waals surface area contributed by atoms with Gasteiger partial charge in [0, 0.05) is 18.8 Å². The van der Waals surface area contributed by atoms with Crippen LogP contribution >= 0.6 is 0 Å². The van der Waals surface area contributed by atoms with Gasteiger partial charge in [-0.05, 0) is 43.9 Å². The lowest BCUT2D eigenvalue weighted by atomic mass is 9.94. The molecule has 5 nitrogen and oxygen atoms in total. The number of aliphatic hydroxyl groups is 1. The van der Waals surface area contributed by atoms with Crippen LogP contribution in [-0.4, -0.2) is 32.3 Å². The van der Waals surface area contributed by atoms with Gasteiger partial charge in [0.1, 0.15) is 0 Å². The third kappa shape index (κ3) is 3.38. The molecule has 1 aliphatic heterocycles. The second-order valence-corrected chi connectivity index (χ2v) is 7.19. The summed E-state index contributed by atoms with van der Waals surface area (Å²) in [5.41, 5.74) is 0.789. The van der Waals surface area contributed by atoms with Gasteiger partial charge in [0.2, 0.25) is 10.0 Å². The van der Waals surface area contributed by atoms with E-state index in [1.807, 2.05) is 6.92 Å². The molecular weight excluding hydrogens is 278 g/mol. The minimum Gasteiger partial charge on any atom is -0.392 e. The monoisotopic (exact) mass is 299 g/mol. The molecule has 1 fully saturated rings. The third-order valence-corrected chi connectivity index (χ3v) is 5.48. The Bertz CT molecular complexity index is 577. The zero-order valence-electron chi connectivity index (χ0n) is 11.8. The van der Waals surface area contributed by atoms with Gasteiger partial charge in [-0.2, -0.15) is 0 Å². The van der Waals surface area contributed by atoms with Crippen molar-refractivity contribution < 1.29 is 18.3 Å². The standard InChI is InChI=1S/C14H21NO4S/c1-11-3-4-12(10-16)9-13(11)20(17,18)15-14(2)5-7-19-8-6-14/h3-4,9,15-16H,5-8,10H2,1-2H3. The molecule has 6 heteroatoms. The summed E-state index contributed by atoms with van der Waals surface area (Å²) >= 11 is 0. The number of aliphatic hydroxyl groups excluding tert-OH is 1. The van der Waals surface area contributed by atoms with Crippen molar-refractivity contribution in [2.45, 2.75) is 43.7 Å². The van der Waals surface area contributed by atoms with Gasteiger partial charge in [-0.25, -0.2) is 13.1 Å². The molecule has 0 aromatic heterocycles. The molecule has 1 aromatic rings. The van der Waals surface area contributed by atoms with Gasteiger partial charge in [0.05, 0.1) is 11.5 Å². The van der Waals surface area contributed by atoms with Crippen LogP contribution in [0.4, 0.5) is 0 Å². The first-order valence-electron chi connectivity index (χ1n) is 6.68. The maximum absolute atomic E-state index is 12.6. The molecule has 0 atom stereocenters. The maximum atomic E-state index is 12.6. The van der Waals surface area contributed by atoms with Crippen molar-refractivity contribution in [3.8, 4) is 0 Å². The van der Waals surface area contributed by atoms with E-state index in [-0.39, 0.29) is 11.5 Å². The van der Waals surface area contributed by atoms with Crippen LogP contribution in [0.25, 0.3) is 0 Å². The summed E-state index contributed by atoms with van der Waals surface area (Å²) in [4.78, 5) is 0.233. The van der Waals surface area contributed by atoms with Crippen molar-refractivity contribution in [3.05, 3.63) is 29.3 Å². The molecule has 0 amide bonds. The van der Waals surface area contributed by atoms with Crippen LogP contribution in [0, 0.1) is 6.92 Å². The van der Waals surface area contributed by atoms with Crippen molar-refractivity contribution in [3.63, 3.8) is 0 Å². The number of sulfonamides is 1. The Morgan fingerprint density at radius 3 is 2.60 bits per heavy atom. The number of benzene rings is 1. The number of hydrogen-bond acceptors (Lipinski definition) is 4. The van der Waals surface area contributed by atoms with E-state index < -0.39 is 15.6 Å². The highest BCUT2D eigenvalue weighted by Gasteiger charge is 2.33. The van der Waals surface area contributed by atoms with E-state index in [9.17, 15) is 8.42 Å². The van der Waals surface area contributed by atoms with E-state index in [1.165, 1.54) is 6.07 Å². The summed E-state index contributed by atoms with van der Waals surface area (Å²) in [5, 5.41) is 9.16. The lowest BCUT2D eigenvalue weighted by Crippen LogP contribution is -2.49. The summed E-state index contributed by atoms with van der Waals surface area (Å²) in [6.45, 7) is 4.61. The first-order chi connectivity index (χ1) is 9.36. The van der Waals surface area contributed by atoms with E-state index in [0.29, 0.717) is 37.2 Å². The molecule has 0 aliphatic carbocycles. The van der Waals surface area contributed by atoms with Crippen molar-refractivity contribution in [1.82, 2.24) is 4.72 Å². The van der Waals surface area contributed by atoms with Crippen LogP contribution in [0.2, 0.25) is 0 Å². The fraction of sp³-hybridized carbons (Fsp3) is 0.571. The Morgan fingerprint density at radius 2 is 2.00 bits per heavy atom. The van der Waals surface area contributed by atoms with Crippen molar-refractivity contribution >= 4 is 10.0 Å². The first-order valence-corrected chi connectivity index (χ1v) is 8.17. The largest absolute Gasteiger partial charge is 0.392 e. The van der Waals surface area contributed by atoms with Gasteiger partial charge in [-0.3, -0.25) is 0 Å². The molecule has 0 saturated carbocycles. The van der Waals surface area contributed by atoms with E-state index in [1.54, 1.807) is 19.1 Å². The highest BCUT2D eigenvalue weighted by Crippen LogP contribution is 2.24. The van der Waals surface area contributed by atoms with Crippen LogP contribution in [-0.2, 0) is 21.4 Å². The minimum atomic E-state index is -3.60. The highest BCUT2D eigenvalue weighted by molar-refractivity contribution is 7.89. The Hall–Kier alpha value is -0.950. The topological polar surface area (TPSA) is 75.6 Å². The van der Waals surface area contributed by atoms with Crippen molar-refractivity contribution in [1.29, 1.82) is 0 Å². The molecule has 1 aliphatic rings. The van der Waals surface area contributed by atoms with Crippen LogP contribution < -0.4 is 4.72 Å². The lowest BCUT2D eigenvalue weighted by molar-refractivity contribution is 0.0537. The third-order valence-electron chi connectivity index (χ3n) is 3.70.